The summed E-state index contributed by atoms with van der Waals surface area (Å²) in [5.74, 6) is 0. The van der Waals surface area contributed by atoms with Crippen molar-refractivity contribution in [2.45, 2.75) is 71.1 Å². The molecule has 2 N–H and O–H groups in total. The first-order valence-electron chi connectivity index (χ1n) is 7.21. The van der Waals surface area contributed by atoms with Gasteiger partial charge in [0.15, 0.2) is 0 Å². The molecule has 0 aromatic carbocycles. The van der Waals surface area contributed by atoms with Gasteiger partial charge in [-0.2, -0.15) is 0 Å². The zero-order valence-corrected chi connectivity index (χ0v) is 12.0. The van der Waals surface area contributed by atoms with Crippen molar-refractivity contribution in [3.8, 4) is 0 Å². The van der Waals surface area contributed by atoms with E-state index in [0.29, 0.717) is 6.04 Å². The van der Waals surface area contributed by atoms with Crippen molar-refractivity contribution >= 4 is 0 Å². The Morgan fingerprint density at radius 2 is 2.18 bits per heavy atom. The van der Waals surface area contributed by atoms with Crippen LogP contribution in [0.5, 0.6) is 0 Å². The van der Waals surface area contributed by atoms with E-state index in [1.807, 2.05) is 0 Å². The van der Waals surface area contributed by atoms with Crippen LogP contribution in [-0.4, -0.2) is 47.3 Å². The summed E-state index contributed by atoms with van der Waals surface area (Å²) in [5.41, 5.74) is 0.163. The molecule has 0 spiro atoms. The number of aliphatic hydroxyl groups is 1. The molecule has 3 unspecified atom stereocenters. The molecule has 1 heterocycles. The number of likely N-dealkylation sites (tertiary alicyclic amines) is 1. The van der Waals surface area contributed by atoms with E-state index in [-0.39, 0.29) is 11.6 Å². The number of nitrogens with one attached hydrogen (secondary N) is 1. The van der Waals surface area contributed by atoms with Gasteiger partial charge in [-0.05, 0) is 52.6 Å². The van der Waals surface area contributed by atoms with Crippen LogP contribution in [0.15, 0.2) is 0 Å². The Hall–Kier alpha value is -0.120. The largest absolute Gasteiger partial charge is 0.392 e. The van der Waals surface area contributed by atoms with Gasteiger partial charge in [-0.25, -0.2) is 0 Å². The summed E-state index contributed by atoms with van der Waals surface area (Å²) in [5, 5.41) is 13.4. The molecule has 1 rings (SSSR count). The first-order valence-corrected chi connectivity index (χ1v) is 7.21. The summed E-state index contributed by atoms with van der Waals surface area (Å²) in [7, 11) is 0. The Morgan fingerprint density at radius 3 is 2.71 bits per heavy atom. The van der Waals surface area contributed by atoms with Gasteiger partial charge in [0.05, 0.1) is 6.10 Å². The Labute approximate surface area is 107 Å². The highest BCUT2D eigenvalue weighted by Gasteiger charge is 2.37. The molecular weight excluding hydrogens is 212 g/mol. The van der Waals surface area contributed by atoms with Gasteiger partial charge in [-0.15, -0.1) is 0 Å². The van der Waals surface area contributed by atoms with Crippen molar-refractivity contribution in [2.24, 2.45) is 0 Å². The van der Waals surface area contributed by atoms with Gasteiger partial charge in [-0.1, -0.05) is 13.8 Å². The monoisotopic (exact) mass is 242 g/mol. The average Bonchev–Trinajstić information content (AvgIpc) is 2.34. The maximum Gasteiger partial charge on any atom is 0.0667 e. The van der Waals surface area contributed by atoms with Crippen molar-refractivity contribution in [2.75, 3.05) is 19.6 Å². The number of hydrogen-bond acceptors (Lipinski definition) is 3. The molecule has 0 bridgehead atoms. The summed E-state index contributed by atoms with van der Waals surface area (Å²) >= 11 is 0. The summed E-state index contributed by atoms with van der Waals surface area (Å²) in [6.07, 6.45) is 4.25. The van der Waals surface area contributed by atoms with Gasteiger partial charge in [-0.3, -0.25) is 4.90 Å². The fraction of sp³-hybridized carbons (Fsp3) is 1.00. The maximum atomic E-state index is 9.83. The molecule has 3 atom stereocenters. The molecule has 0 amide bonds. The van der Waals surface area contributed by atoms with E-state index in [1.54, 1.807) is 0 Å². The average molecular weight is 242 g/mol. The third-order valence-corrected chi connectivity index (χ3v) is 4.47. The number of rotatable bonds is 6. The van der Waals surface area contributed by atoms with E-state index in [4.69, 9.17) is 0 Å². The highest BCUT2D eigenvalue weighted by molar-refractivity contribution is 4.96. The highest BCUT2D eigenvalue weighted by atomic mass is 16.3. The predicted octanol–water partition coefficient (Wildman–Crippen LogP) is 2.00. The lowest BCUT2D eigenvalue weighted by atomic mass is 9.86. The van der Waals surface area contributed by atoms with E-state index in [1.165, 1.54) is 6.42 Å². The van der Waals surface area contributed by atoms with Crippen molar-refractivity contribution in [3.05, 3.63) is 0 Å². The molecule has 0 aromatic heterocycles. The lowest BCUT2D eigenvalue weighted by Gasteiger charge is -2.48. The number of piperidine rings is 1. The molecule has 1 fully saturated rings. The van der Waals surface area contributed by atoms with Crippen LogP contribution in [0, 0.1) is 0 Å². The van der Waals surface area contributed by atoms with Crippen LogP contribution in [0.1, 0.15) is 53.4 Å². The maximum absolute atomic E-state index is 9.83. The minimum Gasteiger partial charge on any atom is -0.392 e. The molecule has 17 heavy (non-hydrogen) atoms. The topological polar surface area (TPSA) is 35.5 Å². The Morgan fingerprint density at radius 1 is 1.47 bits per heavy atom. The Balaban J connectivity index is 2.64. The standard InChI is InChI=1S/C14H30N2O/c1-5-9-15-12(3)14(4,6-2)16-10-7-8-13(17)11-16/h12-13,15,17H,5-11H2,1-4H3. The molecule has 1 aliphatic rings. The second-order valence-corrected chi connectivity index (χ2v) is 5.63. The van der Waals surface area contributed by atoms with Gasteiger partial charge in [0.2, 0.25) is 0 Å². The van der Waals surface area contributed by atoms with Crippen LogP contribution in [-0.2, 0) is 0 Å². The zero-order valence-electron chi connectivity index (χ0n) is 12.0. The number of β-amino-alcohol motifs (C(OH)–C–C–N with tert-alkyl or cyclic N) is 1. The SMILES string of the molecule is CCCNC(C)C(C)(CC)N1CCCC(O)C1. The van der Waals surface area contributed by atoms with Crippen molar-refractivity contribution < 1.29 is 5.11 Å². The molecule has 1 aliphatic heterocycles. The van der Waals surface area contributed by atoms with Crippen LogP contribution in [0.25, 0.3) is 0 Å². The zero-order chi connectivity index (χ0) is 12.9. The van der Waals surface area contributed by atoms with Crippen molar-refractivity contribution in [3.63, 3.8) is 0 Å². The van der Waals surface area contributed by atoms with Gasteiger partial charge in [0, 0.05) is 18.1 Å². The molecule has 1 saturated heterocycles. The van der Waals surface area contributed by atoms with Gasteiger partial charge >= 0.3 is 0 Å². The normalized spacial score (nSPS) is 27.7. The van der Waals surface area contributed by atoms with Crippen LogP contribution >= 0.6 is 0 Å². The fourth-order valence-corrected chi connectivity index (χ4v) is 2.80. The molecule has 0 aromatic rings. The predicted molar refractivity (Wildman–Crippen MR) is 73.3 cm³/mol. The third kappa shape index (κ3) is 3.67. The third-order valence-electron chi connectivity index (χ3n) is 4.47. The molecule has 0 saturated carbocycles. The number of nitrogens with zero attached hydrogens (tertiary/aromatic N) is 1. The van der Waals surface area contributed by atoms with Crippen LogP contribution in [0.3, 0.4) is 0 Å². The minimum absolute atomic E-state index is 0.131. The first-order chi connectivity index (χ1) is 8.04. The van der Waals surface area contributed by atoms with Crippen LogP contribution in [0.4, 0.5) is 0 Å². The molecular formula is C14H30N2O. The smallest absolute Gasteiger partial charge is 0.0667 e. The summed E-state index contributed by atoms with van der Waals surface area (Å²) in [6.45, 7) is 12.1. The van der Waals surface area contributed by atoms with Crippen molar-refractivity contribution in [1.29, 1.82) is 0 Å². The lowest BCUT2D eigenvalue weighted by Crippen LogP contribution is -2.61. The minimum atomic E-state index is -0.131. The quantitative estimate of drug-likeness (QED) is 0.748. The number of hydrogen-bond donors (Lipinski definition) is 2. The molecule has 0 aliphatic carbocycles. The number of aliphatic hydroxyl groups excluding tert-OH is 1. The summed E-state index contributed by atoms with van der Waals surface area (Å²) in [6, 6.07) is 0.470. The van der Waals surface area contributed by atoms with E-state index in [9.17, 15) is 5.11 Å². The van der Waals surface area contributed by atoms with Crippen LogP contribution in [0.2, 0.25) is 0 Å². The van der Waals surface area contributed by atoms with E-state index in [0.717, 1.165) is 38.9 Å². The molecule has 102 valence electrons. The van der Waals surface area contributed by atoms with Gasteiger partial charge < -0.3 is 10.4 Å². The van der Waals surface area contributed by atoms with E-state index >= 15 is 0 Å². The molecule has 0 radical (unpaired) electrons. The molecule has 3 heteroatoms. The van der Waals surface area contributed by atoms with Gasteiger partial charge in [0.1, 0.15) is 0 Å². The lowest BCUT2D eigenvalue weighted by molar-refractivity contribution is -0.00895. The Kier molecular flexibility index (Phi) is 5.90. The summed E-state index contributed by atoms with van der Waals surface area (Å²) < 4.78 is 0. The first kappa shape index (κ1) is 14.9. The van der Waals surface area contributed by atoms with E-state index in [2.05, 4.69) is 37.9 Å². The molecule has 3 nitrogen and oxygen atoms in total. The van der Waals surface area contributed by atoms with Gasteiger partial charge in [0.25, 0.3) is 0 Å². The Bertz CT molecular complexity index is 222. The van der Waals surface area contributed by atoms with Crippen LogP contribution < -0.4 is 5.32 Å². The van der Waals surface area contributed by atoms with Crippen molar-refractivity contribution in [1.82, 2.24) is 10.2 Å². The second-order valence-electron chi connectivity index (χ2n) is 5.63. The second kappa shape index (κ2) is 6.72. The summed E-state index contributed by atoms with van der Waals surface area (Å²) in [4.78, 5) is 2.48. The van der Waals surface area contributed by atoms with E-state index < -0.39 is 0 Å². The fourth-order valence-electron chi connectivity index (χ4n) is 2.80. The highest BCUT2D eigenvalue weighted by Crippen LogP contribution is 2.27.